The maximum Gasteiger partial charge on any atom is 0.342 e. The summed E-state index contributed by atoms with van der Waals surface area (Å²) in [6.07, 6.45) is 0.142. The first-order valence-electron chi connectivity index (χ1n) is 6.46. The first-order chi connectivity index (χ1) is 10.9. The fraction of sp³-hybridized carbons (Fsp3) is 0.133. The summed E-state index contributed by atoms with van der Waals surface area (Å²) in [7, 11) is 0. The highest BCUT2D eigenvalue weighted by atomic mass is 35.5. The predicted octanol–water partition coefficient (Wildman–Crippen LogP) is 3.20. The minimum absolute atomic E-state index is 0.00856. The van der Waals surface area contributed by atoms with Gasteiger partial charge in [0.2, 0.25) is 0 Å². The molecule has 1 aromatic heterocycles. The van der Waals surface area contributed by atoms with E-state index >= 15 is 0 Å². The molecule has 0 fully saturated rings. The molecular formula is C15H11ClF2N2O3. The smallest absolute Gasteiger partial charge is 0.342 e. The number of nitrogens with zero attached hydrogens (tertiary/aromatic N) is 1. The highest BCUT2D eigenvalue weighted by molar-refractivity contribution is 6.32. The molecule has 0 saturated carbocycles. The maximum absolute atomic E-state index is 13.5. The number of carbonyl (C=O) groups is 2. The van der Waals surface area contributed by atoms with Gasteiger partial charge in [0.05, 0.1) is 11.3 Å². The van der Waals surface area contributed by atoms with Crippen molar-refractivity contribution in [2.24, 2.45) is 0 Å². The van der Waals surface area contributed by atoms with E-state index in [-0.39, 0.29) is 16.4 Å². The quantitative estimate of drug-likeness (QED) is 0.685. The first kappa shape index (κ1) is 16.8. The molecule has 2 aromatic rings. The van der Waals surface area contributed by atoms with Crippen LogP contribution in [0.15, 0.2) is 36.5 Å². The molecule has 1 N–H and O–H groups in total. The van der Waals surface area contributed by atoms with E-state index < -0.39 is 29.6 Å². The van der Waals surface area contributed by atoms with Crippen molar-refractivity contribution in [3.05, 3.63) is 58.9 Å². The summed E-state index contributed by atoms with van der Waals surface area (Å²) in [6, 6.07) is 5.47. The molecule has 1 atom stereocenters. The number of benzene rings is 1. The molecule has 0 spiro atoms. The summed E-state index contributed by atoms with van der Waals surface area (Å²) < 4.78 is 31.4. The van der Waals surface area contributed by atoms with E-state index in [4.69, 9.17) is 16.3 Å². The standard InChI is InChI=1S/C15H11ClF2N2O3/c1-8(23-15(22)10-3-2-6-19-13(10)16)14(21)20-12-7-9(17)4-5-11(12)18/h2-8H,1H3,(H,20,21). The molecule has 120 valence electrons. The van der Waals surface area contributed by atoms with Crippen molar-refractivity contribution in [2.75, 3.05) is 5.32 Å². The largest absolute Gasteiger partial charge is 0.449 e. The number of rotatable bonds is 4. The monoisotopic (exact) mass is 340 g/mol. The van der Waals surface area contributed by atoms with Gasteiger partial charge in [0.25, 0.3) is 5.91 Å². The van der Waals surface area contributed by atoms with Crippen LogP contribution in [0.4, 0.5) is 14.5 Å². The van der Waals surface area contributed by atoms with Gasteiger partial charge in [-0.25, -0.2) is 18.6 Å². The number of carbonyl (C=O) groups excluding carboxylic acids is 2. The lowest BCUT2D eigenvalue weighted by atomic mass is 10.2. The Balaban J connectivity index is 2.04. The summed E-state index contributed by atoms with van der Waals surface area (Å²) in [5.74, 6) is -3.20. The fourth-order valence-electron chi connectivity index (χ4n) is 1.64. The zero-order valence-corrected chi connectivity index (χ0v) is 12.6. The van der Waals surface area contributed by atoms with Gasteiger partial charge in [0.15, 0.2) is 6.10 Å². The highest BCUT2D eigenvalue weighted by Gasteiger charge is 2.21. The van der Waals surface area contributed by atoms with E-state index in [1.807, 2.05) is 0 Å². The minimum Gasteiger partial charge on any atom is -0.449 e. The number of halogens is 3. The van der Waals surface area contributed by atoms with Gasteiger partial charge >= 0.3 is 5.97 Å². The van der Waals surface area contributed by atoms with Crippen LogP contribution in [0.25, 0.3) is 0 Å². The molecule has 1 heterocycles. The lowest BCUT2D eigenvalue weighted by Gasteiger charge is -2.14. The zero-order valence-electron chi connectivity index (χ0n) is 11.8. The van der Waals surface area contributed by atoms with Crippen LogP contribution in [0.2, 0.25) is 5.15 Å². The Morgan fingerprint density at radius 2 is 2.04 bits per heavy atom. The molecule has 0 saturated heterocycles. The van der Waals surface area contributed by atoms with Crippen molar-refractivity contribution in [3.8, 4) is 0 Å². The molecule has 1 amide bonds. The van der Waals surface area contributed by atoms with Gasteiger partial charge in [0, 0.05) is 12.3 Å². The van der Waals surface area contributed by atoms with Crippen molar-refractivity contribution in [2.45, 2.75) is 13.0 Å². The van der Waals surface area contributed by atoms with Crippen LogP contribution in [0.3, 0.4) is 0 Å². The molecule has 1 unspecified atom stereocenters. The Morgan fingerprint density at radius 3 is 2.74 bits per heavy atom. The number of aromatic nitrogens is 1. The Hall–Kier alpha value is -2.54. The Bertz CT molecular complexity index is 755. The molecule has 1 aromatic carbocycles. The van der Waals surface area contributed by atoms with Crippen LogP contribution in [-0.4, -0.2) is 23.0 Å². The molecule has 2 rings (SSSR count). The van der Waals surface area contributed by atoms with Crippen molar-refractivity contribution >= 4 is 29.2 Å². The van der Waals surface area contributed by atoms with Gasteiger partial charge in [-0.15, -0.1) is 0 Å². The van der Waals surface area contributed by atoms with Crippen LogP contribution < -0.4 is 5.32 Å². The zero-order chi connectivity index (χ0) is 17.0. The average molecular weight is 341 g/mol. The van der Waals surface area contributed by atoms with Gasteiger partial charge in [-0.2, -0.15) is 0 Å². The molecule has 0 aliphatic rings. The molecule has 5 nitrogen and oxygen atoms in total. The third-order valence-electron chi connectivity index (χ3n) is 2.82. The van der Waals surface area contributed by atoms with E-state index in [1.54, 1.807) is 0 Å². The van der Waals surface area contributed by atoms with Crippen molar-refractivity contribution in [1.29, 1.82) is 0 Å². The number of amides is 1. The van der Waals surface area contributed by atoms with Gasteiger partial charge in [0.1, 0.15) is 16.8 Å². The van der Waals surface area contributed by atoms with E-state index in [2.05, 4.69) is 10.3 Å². The highest BCUT2D eigenvalue weighted by Crippen LogP contribution is 2.17. The molecule has 23 heavy (non-hydrogen) atoms. The van der Waals surface area contributed by atoms with Crippen LogP contribution in [0, 0.1) is 11.6 Å². The first-order valence-corrected chi connectivity index (χ1v) is 6.83. The number of anilines is 1. The van der Waals surface area contributed by atoms with Crippen LogP contribution in [0.1, 0.15) is 17.3 Å². The van der Waals surface area contributed by atoms with Crippen LogP contribution in [-0.2, 0) is 9.53 Å². The number of nitrogens with one attached hydrogen (secondary N) is 1. The molecule has 0 aliphatic carbocycles. The Labute approximate surface area is 135 Å². The summed E-state index contributed by atoms with van der Waals surface area (Å²) in [4.78, 5) is 27.5. The second-order valence-electron chi connectivity index (χ2n) is 4.50. The SMILES string of the molecule is CC(OC(=O)c1cccnc1Cl)C(=O)Nc1cc(F)ccc1F. The summed E-state index contributed by atoms with van der Waals surface area (Å²) >= 11 is 5.75. The number of ether oxygens (including phenoxy) is 1. The summed E-state index contributed by atoms with van der Waals surface area (Å²) in [5.41, 5.74) is -0.358. The molecule has 8 heteroatoms. The van der Waals surface area contributed by atoms with E-state index in [1.165, 1.54) is 25.3 Å². The molecular weight excluding hydrogens is 330 g/mol. The third-order valence-corrected chi connectivity index (χ3v) is 3.12. The van der Waals surface area contributed by atoms with Gasteiger partial charge in [-0.1, -0.05) is 11.6 Å². The van der Waals surface area contributed by atoms with Gasteiger partial charge in [-0.05, 0) is 31.2 Å². The Kier molecular flexibility index (Phi) is 5.23. The second-order valence-corrected chi connectivity index (χ2v) is 4.86. The minimum atomic E-state index is -1.25. The van der Waals surface area contributed by atoms with Crippen molar-refractivity contribution in [3.63, 3.8) is 0 Å². The van der Waals surface area contributed by atoms with Crippen LogP contribution in [0.5, 0.6) is 0 Å². The number of hydrogen-bond donors (Lipinski definition) is 1. The second kappa shape index (κ2) is 7.15. The topological polar surface area (TPSA) is 68.3 Å². The van der Waals surface area contributed by atoms with E-state index in [0.717, 1.165) is 18.2 Å². The van der Waals surface area contributed by atoms with Crippen molar-refractivity contribution in [1.82, 2.24) is 4.98 Å². The number of hydrogen-bond acceptors (Lipinski definition) is 4. The number of pyridine rings is 1. The lowest BCUT2D eigenvalue weighted by molar-refractivity contribution is -0.123. The fourth-order valence-corrected chi connectivity index (χ4v) is 1.84. The third kappa shape index (κ3) is 4.23. The van der Waals surface area contributed by atoms with E-state index in [0.29, 0.717) is 0 Å². The average Bonchev–Trinajstić information content (AvgIpc) is 2.51. The maximum atomic E-state index is 13.5. The van der Waals surface area contributed by atoms with Crippen LogP contribution >= 0.6 is 11.6 Å². The predicted molar refractivity (Wildman–Crippen MR) is 79.1 cm³/mol. The lowest BCUT2D eigenvalue weighted by Crippen LogP contribution is -2.30. The summed E-state index contributed by atoms with van der Waals surface area (Å²) in [5, 5.41) is 2.07. The van der Waals surface area contributed by atoms with Crippen molar-refractivity contribution < 1.29 is 23.1 Å². The Morgan fingerprint density at radius 1 is 1.30 bits per heavy atom. The molecule has 0 radical (unpaired) electrons. The number of esters is 1. The molecule has 0 aliphatic heterocycles. The summed E-state index contributed by atoms with van der Waals surface area (Å²) in [6.45, 7) is 1.29. The normalized spacial score (nSPS) is 11.7. The van der Waals surface area contributed by atoms with E-state index in [9.17, 15) is 18.4 Å². The molecule has 0 bridgehead atoms. The van der Waals surface area contributed by atoms with Gasteiger partial charge in [-0.3, -0.25) is 4.79 Å². The van der Waals surface area contributed by atoms with Gasteiger partial charge < -0.3 is 10.1 Å².